The Balaban J connectivity index is 2.86. The van der Waals surface area contributed by atoms with Gasteiger partial charge in [0, 0.05) is 0 Å². The molecule has 0 aliphatic rings. The lowest BCUT2D eigenvalue weighted by Gasteiger charge is -2.01. The summed E-state index contributed by atoms with van der Waals surface area (Å²) in [5, 5.41) is 0. The molecule has 0 radical (unpaired) electrons. The molecule has 0 aromatic rings. The Bertz CT molecular complexity index is 129. The van der Waals surface area contributed by atoms with Crippen molar-refractivity contribution in [2.75, 3.05) is 0 Å². The van der Waals surface area contributed by atoms with E-state index in [9.17, 15) is 0 Å². The molecule has 0 atom stereocenters. The van der Waals surface area contributed by atoms with Crippen LogP contribution in [-0.4, -0.2) is 0 Å². The van der Waals surface area contributed by atoms with Gasteiger partial charge in [-0.2, -0.15) is 0 Å². The second kappa shape index (κ2) is 14.5. The summed E-state index contributed by atoms with van der Waals surface area (Å²) in [5.74, 6) is 0. The van der Waals surface area contributed by atoms with E-state index in [4.69, 9.17) is 0 Å². The monoisotopic (exact) mass is 322 g/mol. The summed E-state index contributed by atoms with van der Waals surface area (Å²) >= 11 is 2.30. The minimum absolute atomic E-state index is 1.28. The van der Waals surface area contributed by atoms with Crippen LogP contribution in [0.3, 0.4) is 0 Å². The predicted octanol–water partition coefficient (Wildman–Crippen LogP) is 6.25. The smallest absolute Gasteiger partial charge is 0.0274 e. The van der Waals surface area contributed by atoms with E-state index >= 15 is 0 Å². The molecule has 0 fully saturated rings. The summed E-state index contributed by atoms with van der Waals surface area (Å²) in [6, 6.07) is 0. The molecule has 0 N–H and O–H groups in total. The molecule has 0 aromatic heterocycles. The average Bonchev–Trinajstić information content (AvgIpc) is 2.26. The Kier molecular flexibility index (Phi) is 14.9. The molecule has 0 bridgehead atoms. The van der Waals surface area contributed by atoms with Crippen molar-refractivity contribution < 1.29 is 0 Å². The van der Waals surface area contributed by atoms with E-state index in [1.54, 1.807) is 0 Å². The van der Waals surface area contributed by atoms with Gasteiger partial charge in [0.25, 0.3) is 0 Å². The molecular formula is C14H27I. The topological polar surface area (TPSA) is 0 Å². The minimum Gasteiger partial charge on any atom is -0.0785 e. The van der Waals surface area contributed by atoms with E-state index in [0.29, 0.717) is 0 Å². The molecule has 0 aliphatic carbocycles. The second-order valence-corrected chi connectivity index (χ2v) is 5.05. The van der Waals surface area contributed by atoms with Gasteiger partial charge in [-0.15, -0.1) is 0 Å². The first-order valence-electron chi connectivity index (χ1n) is 6.67. The lowest BCUT2D eigenvalue weighted by molar-refractivity contribution is 0.558. The van der Waals surface area contributed by atoms with Gasteiger partial charge < -0.3 is 0 Å². The SMILES string of the molecule is CCCCCCCCCCCC/C=C\I. The summed E-state index contributed by atoms with van der Waals surface area (Å²) in [6.45, 7) is 2.28. The third-order valence-corrected chi connectivity index (χ3v) is 3.32. The third kappa shape index (κ3) is 14.5. The first kappa shape index (κ1) is 15.5. The van der Waals surface area contributed by atoms with Crippen molar-refractivity contribution in [2.45, 2.75) is 77.6 Å². The van der Waals surface area contributed by atoms with Crippen LogP contribution in [0.5, 0.6) is 0 Å². The lowest BCUT2D eigenvalue weighted by atomic mass is 10.1. The van der Waals surface area contributed by atoms with Gasteiger partial charge in [0.2, 0.25) is 0 Å². The fourth-order valence-corrected chi connectivity index (χ4v) is 2.17. The number of unbranched alkanes of at least 4 members (excludes halogenated alkanes) is 10. The normalized spacial score (nSPS) is 11.3. The van der Waals surface area contributed by atoms with Crippen molar-refractivity contribution in [2.24, 2.45) is 0 Å². The standard InChI is InChI=1S/C14H27I/c1-2-3-4-5-6-7-8-9-10-11-12-13-14-15/h13-14H,2-12H2,1H3/b14-13-. The van der Waals surface area contributed by atoms with E-state index in [-0.39, 0.29) is 0 Å². The molecule has 0 spiro atoms. The van der Waals surface area contributed by atoms with E-state index < -0.39 is 0 Å². The van der Waals surface area contributed by atoms with Gasteiger partial charge in [-0.3, -0.25) is 0 Å². The molecular weight excluding hydrogens is 295 g/mol. The first-order valence-corrected chi connectivity index (χ1v) is 7.91. The minimum atomic E-state index is 1.28. The van der Waals surface area contributed by atoms with E-state index in [1.165, 1.54) is 70.6 Å². The second-order valence-electron chi connectivity index (χ2n) is 4.33. The summed E-state index contributed by atoms with van der Waals surface area (Å²) in [4.78, 5) is 0. The molecule has 0 saturated heterocycles. The molecule has 0 heterocycles. The molecule has 0 aromatic carbocycles. The number of hydrogen-bond acceptors (Lipinski definition) is 0. The first-order chi connectivity index (χ1) is 7.41. The van der Waals surface area contributed by atoms with Crippen molar-refractivity contribution in [3.05, 3.63) is 10.2 Å². The summed E-state index contributed by atoms with van der Waals surface area (Å²) in [5.41, 5.74) is 0. The molecule has 0 rings (SSSR count). The zero-order valence-electron chi connectivity index (χ0n) is 10.3. The predicted molar refractivity (Wildman–Crippen MR) is 79.6 cm³/mol. The third-order valence-electron chi connectivity index (χ3n) is 2.81. The van der Waals surface area contributed by atoms with Crippen LogP contribution >= 0.6 is 22.6 Å². The van der Waals surface area contributed by atoms with Gasteiger partial charge in [0.05, 0.1) is 0 Å². The zero-order chi connectivity index (χ0) is 11.2. The van der Waals surface area contributed by atoms with Gasteiger partial charge in [0.15, 0.2) is 0 Å². The van der Waals surface area contributed by atoms with Gasteiger partial charge in [-0.1, -0.05) is 93.4 Å². The maximum Gasteiger partial charge on any atom is -0.0274 e. The van der Waals surface area contributed by atoms with Crippen molar-refractivity contribution in [1.29, 1.82) is 0 Å². The van der Waals surface area contributed by atoms with Crippen LogP contribution < -0.4 is 0 Å². The number of rotatable bonds is 11. The van der Waals surface area contributed by atoms with Gasteiger partial charge in [-0.05, 0) is 16.9 Å². The van der Waals surface area contributed by atoms with Gasteiger partial charge in [-0.25, -0.2) is 0 Å². The maximum atomic E-state index is 2.30. The summed E-state index contributed by atoms with van der Waals surface area (Å²) in [6.07, 6.45) is 17.9. The zero-order valence-corrected chi connectivity index (χ0v) is 12.5. The van der Waals surface area contributed by atoms with E-state index in [0.717, 1.165) is 0 Å². The highest BCUT2D eigenvalue weighted by molar-refractivity contribution is 14.1. The number of halogens is 1. The summed E-state index contributed by atoms with van der Waals surface area (Å²) < 4.78 is 2.13. The molecule has 0 nitrogen and oxygen atoms in total. The van der Waals surface area contributed by atoms with Crippen molar-refractivity contribution in [3.8, 4) is 0 Å². The van der Waals surface area contributed by atoms with Crippen LogP contribution in [0.15, 0.2) is 10.2 Å². The fourth-order valence-electron chi connectivity index (χ4n) is 1.81. The molecule has 0 aliphatic heterocycles. The average molecular weight is 322 g/mol. The number of allylic oxidation sites excluding steroid dienone is 1. The van der Waals surface area contributed by atoms with E-state index in [2.05, 4.69) is 39.7 Å². The Morgan fingerprint density at radius 2 is 1.20 bits per heavy atom. The quantitative estimate of drug-likeness (QED) is 0.312. The van der Waals surface area contributed by atoms with Gasteiger partial charge >= 0.3 is 0 Å². The molecule has 0 saturated carbocycles. The van der Waals surface area contributed by atoms with E-state index in [1.807, 2.05) is 0 Å². The highest BCUT2D eigenvalue weighted by atomic mass is 127. The van der Waals surface area contributed by atoms with Crippen molar-refractivity contribution >= 4 is 22.6 Å². The lowest BCUT2D eigenvalue weighted by Crippen LogP contribution is -1.81. The van der Waals surface area contributed by atoms with Crippen molar-refractivity contribution in [3.63, 3.8) is 0 Å². The Morgan fingerprint density at radius 1 is 0.733 bits per heavy atom. The summed E-state index contributed by atoms with van der Waals surface area (Å²) in [7, 11) is 0. The highest BCUT2D eigenvalue weighted by Gasteiger charge is 1.91. The van der Waals surface area contributed by atoms with Crippen molar-refractivity contribution in [1.82, 2.24) is 0 Å². The van der Waals surface area contributed by atoms with Crippen LogP contribution in [0.4, 0.5) is 0 Å². The largest absolute Gasteiger partial charge is 0.0785 e. The van der Waals surface area contributed by atoms with Gasteiger partial charge in [0.1, 0.15) is 0 Å². The van der Waals surface area contributed by atoms with Crippen LogP contribution in [-0.2, 0) is 0 Å². The Labute approximate surface area is 110 Å². The van der Waals surface area contributed by atoms with Crippen LogP contribution in [0.25, 0.3) is 0 Å². The fraction of sp³-hybridized carbons (Fsp3) is 0.857. The Hall–Kier alpha value is 0.470. The van der Waals surface area contributed by atoms with Crippen LogP contribution in [0.2, 0.25) is 0 Å². The number of hydrogen-bond donors (Lipinski definition) is 0. The van der Waals surface area contributed by atoms with Crippen LogP contribution in [0, 0.1) is 0 Å². The molecule has 0 unspecified atom stereocenters. The highest BCUT2D eigenvalue weighted by Crippen LogP contribution is 2.11. The molecule has 1 heteroatoms. The Morgan fingerprint density at radius 3 is 1.67 bits per heavy atom. The maximum absolute atomic E-state index is 2.30. The molecule has 90 valence electrons. The molecule has 15 heavy (non-hydrogen) atoms. The molecule has 0 amide bonds. The van der Waals surface area contributed by atoms with Crippen LogP contribution in [0.1, 0.15) is 77.6 Å².